The van der Waals surface area contributed by atoms with E-state index in [1.807, 2.05) is 40.0 Å². The first-order valence-electron chi connectivity index (χ1n) is 8.00. The highest BCUT2D eigenvalue weighted by Gasteiger charge is 2.29. The molecule has 0 spiro atoms. The van der Waals surface area contributed by atoms with Crippen molar-refractivity contribution >= 4 is 5.91 Å². The lowest BCUT2D eigenvalue weighted by atomic mass is 10.0. The maximum atomic E-state index is 12.9. The second-order valence-corrected chi connectivity index (χ2v) is 5.86. The molecule has 2 aliphatic heterocycles. The van der Waals surface area contributed by atoms with E-state index >= 15 is 0 Å². The third kappa shape index (κ3) is 2.65. The summed E-state index contributed by atoms with van der Waals surface area (Å²) in [5, 5.41) is 4.31. The van der Waals surface area contributed by atoms with E-state index in [0.717, 1.165) is 19.4 Å². The Morgan fingerprint density at radius 3 is 3.00 bits per heavy atom. The number of rotatable bonds is 2. The molecule has 0 N–H and O–H groups in total. The smallest absolute Gasteiger partial charge is 0.257 e. The van der Waals surface area contributed by atoms with Gasteiger partial charge in [-0.3, -0.25) is 9.48 Å². The third-order valence-electron chi connectivity index (χ3n) is 4.38. The Morgan fingerprint density at radius 2 is 2.13 bits per heavy atom. The molecule has 1 atom stereocenters. The normalized spacial score (nSPS) is 20.3. The van der Waals surface area contributed by atoms with Gasteiger partial charge in [-0.2, -0.15) is 5.10 Å². The van der Waals surface area contributed by atoms with Crippen molar-refractivity contribution in [1.29, 1.82) is 0 Å². The maximum Gasteiger partial charge on any atom is 0.257 e. The Labute approximate surface area is 134 Å². The number of fused-ring (bicyclic) bond motifs is 1. The fraction of sp³-hybridized carbons (Fsp3) is 0.412. The molecule has 120 valence electrons. The van der Waals surface area contributed by atoms with Gasteiger partial charge in [0.2, 0.25) is 0 Å². The Hall–Kier alpha value is -2.50. The summed E-state index contributed by atoms with van der Waals surface area (Å²) in [7, 11) is 0. The van der Waals surface area contributed by atoms with Gasteiger partial charge in [0.05, 0.1) is 11.6 Å². The molecule has 4 rings (SSSR count). The van der Waals surface area contributed by atoms with Crippen molar-refractivity contribution in [1.82, 2.24) is 14.7 Å². The number of likely N-dealkylation sites (tertiary alicyclic amines) is 1. The van der Waals surface area contributed by atoms with Crippen LogP contribution >= 0.6 is 0 Å². The van der Waals surface area contributed by atoms with E-state index < -0.39 is 0 Å². The maximum absolute atomic E-state index is 12.9. The van der Waals surface area contributed by atoms with Crippen LogP contribution in [-0.4, -0.2) is 46.9 Å². The van der Waals surface area contributed by atoms with Gasteiger partial charge in [0.25, 0.3) is 5.91 Å². The van der Waals surface area contributed by atoms with Crippen LogP contribution in [0.5, 0.6) is 11.5 Å². The number of nitrogens with zero attached hydrogens (tertiary/aromatic N) is 3. The number of aromatic nitrogens is 2. The van der Waals surface area contributed by atoms with Crippen LogP contribution in [0.15, 0.2) is 36.7 Å². The van der Waals surface area contributed by atoms with Crippen LogP contribution in [-0.2, 0) is 0 Å². The van der Waals surface area contributed by atoms with Gasteiger partial charge in [-0.25, -0.2) is 0 Å². The van der Waals surface area contributed by atoms with Crippen molar-refractivity contribution in [3.8, 4) is 11.5 Å². The molecule has 0 unspecified atom stereocenters. The minimum absolute atomic E-state index is 0.00389. The molecule has 2 aromatic rings. The summed E-state index contributed by atoms with van der Waals surface area (Å²) in [5.74, 6) is 1.23. The van der Waals surface area contributed by atoms with Crippen molar-refractivity contribution in [2.45, 2.75) is 18.9 Å². The number of carbonyl (C=O) groups is 1. The van der Waals surface area contributed by atoms with Gasteiger partial charge in [-0.15, -0.1) is 0 Å². The average molecular weight is 313 g/mol. The van der Waals surface area contributed by atoms with Crippen LogP contribution in [0.2, 0.25) is 0 Å². The van der Waals surface area contributed by atoms with E-state index in [1.54, 1.807) is 6.20 Å². The standard InChI is InChI=1S/C17H19N3O3/c21-17(14-5-1-6-15-16(14)23-11-10-22-15)19-8-2-4-13(12-19)20-9-3-7-18-20/h1,3,5-7,9,13H,2,4,8,10-12H2/t13-/m1/s1. The van der Waals surface area contributed by atoms with Crippen molar-refractivity contribution in [3.63, 3.8) is 0 Å². The van der Waals surface area contributed by atoms with Crippen LogP contribution in [0, 0.1) is 0 Å². The minimum Gasteiger partial charge on any atom is -0.486 e. The number of hydrogen-bond acceptors (Lipinski definition) is 4. The molecule has 6 heteroatoms. The molecule has 1 aromatic heterocycles. The molecule has 0 saturated carbocycles. The van der Waals surface area contributed by atoms with Gasteiger partial charge < -0.3 is 14.4 Å². The van der Waals surface area contributed by atoms with Crippen molar-refractivity contribution in [2.75, 3.05) is 26.3 Å². The molecule has 23 heavy (non-hydrogen) atoms. The van der Waals surface area contributed by atoms with Crippen LogP contribution < -0.4 is 9.47 Å². The number of amides is 1. The van der Waals surface area contributed by atoms with Gasteiger partial charge in [0.1, 0.15) is 13.2 Å². The summed E-state index contributed by atoms with van der Waals surface area (Å²) in [5.41, 5.74) is 0.586. The topological polar surface area (TPSA) is 56.6 Å². The third-order valence-corrected chi connectivity index (χ3v) is 4.38. The van der Waals surface area contributed by atoms with E-state index in [2.05, 4.69) is 5.10 Å². The summed E-state index contributed by atoms with van der Waals surface area (Å²) in [6, 6.07) is 7.65. The molecule has 1 fully saturated rings. The SMILES string of the molecule is O=C(c1cccc2c1OCCO2)N1CCC[C@@H](n2cccn2)C1. The fourth-order valence-corrected chi connectivity index (χ4v) is 3.26. The van der Waals surface area contributed by atoms with Gasteiger partial charge >= 0.3 is 0 Å². The zero-order valence-corrected chi connectivity index (χ0v) is 12.9. The molecule has 1 aromatic carbocycles. The van der Waals surface area contributed by atoms with Gasteiger partial charge in [-0.1, -0.05) is 6.07 Å². The van der Waals surface area contributed by atoms with E-state index in [0.29, 0.717) is 36.8 Å². The number of piperidine rings is 1. The molecule has 0 aliphatic carbocycles. The number of benzene rings is 1. The van der Waals surface area contributed by atoms with Crippen molar-refractivity contribution in [2.24, 2.45) is 0 Å². The Kier molecular flexibility index (Phi) is 3.65. The lowest BCUT2D eigenvalue weighted by Crippen LogP contribution is -2.41. The average Bonchev–Trinajstić information content (AvgIpc) is 3.15. The zero-order chi connectivity index (χ0) is 15.6. The largest absolute Gasteiger partial charge is 0.486 e. The molecule has 0 radical (unpaired) electrons. The summed E-state index contributed by atoms with van der Waals surface area (Å²) in [6.07, 6.45) is 5.75. The fourth-order valence-electron chi connectivity index (χ4n) is 3.26. The predicted molar refractivity (Wildman–Crippen MR) is 83.8 cm³/mol. The first-order valence-corrected chi connectivity index (χ1v) is 8.00. The molecule has 0 bridgehead atoms. The quantitative estimate of drug-likeness (QED) is 0.852. The number of hydrogen-bond donors (Lipinski definition) is 0. The molecular weight excluding hydrogens is 294 g/mol. The molecule has 6 nitrogen and oxygen atoms in total. The van der Waals surface area contributed by atoms with Crippen molar-refractivity contribution < 1.29 is 14.3 Å². The van der Waals surface area contributed by atoms with Gasteiger partial charge in [0, 0.05) is 25.5 Å². The Morgan fingerprint density at radius 1 is 1.22 bits per heavy atom. The van der Waals surface area contributed by atoms with Crippen LogP contribution in [0.25, 0.3) is 0 Å². The van der Waals surface area contributed by atoms with E-state index in [1.165, 1.54) is 0 Å². The highest BCUT2D eigenvalue weighted by atomic mass is 16.6. The van der Waals surface area contributed by atoms with Gasteiger partial charge in [-0.05, 0) is 31.0 Å². The highest BCUT2D eigenvalue weighted by Crippen LogP contribution is 2.35. The monoisotopic (exact) mass is 313 g/mol. The minimum atomic E-state index is 0.00389. The summed E-state index contributed by atoms with van der Waals surface area (Å²) >= 11 is 0. The van der Waals surface area contributed by atoms with E-state index in [4.69, 9.17) is 9.47 Å². The molecule has 2 aliphatic rings. The Bertz CT molecular complexity index is 699. The first kappa shape index (κ1) is 14.1. The van der Waals surface area contributed by atoms with Crippen LogP contribution in [0.3, 0.4) is 0 Å². The number of para-hydroxylation sites is 1. The van der Waals surface area contributed by atoms with E-state index in [-0.39, 0.29) is 11.9 Å². The van der Waals surface area contributed by atoms with Crippen molar-refractivity contribution in [3.05, 3.63) is 42.2 Å². The van der Waals surface area contributed by atoms with Gasteiger partial charge in [0.15, 0.2) is 11.5 Å². The second kappa shape index (κ2) is 5.95. The lowest BCUT2D eigenvalue weighted by molar-refractivity contribution is 0.0663. The molecule has 1 amide bonds. The molecular formula is C17H19N3O3. The molecule has 3 heterocycles. The van der Waals surface area contributed by atoms with E-state index in [9.17, 15) is 4.79 Å². The highest BCUT2D eigenvalue weighted by molar-refractivity contribution is 5.98. The summed E-state index contributed by atoms with van der Waals surface area (Å²) in [6.45, 7) is 2.44. The van der Waals surface area contributed by atoms with Crippen LogP contribution in [0.4, 0.5) is 0 Å². The Balaban J connectivity index is 1.57. The first-order chi connectivity index (χ1) is 11.3. The summed E-state index contributed by atoms with van der Waals surface area (Å²) < 4.78 is 13.2. The molecule has 1 saturated heterocycles. The zero-order valence-electron chi connectivity index (χ0n) is 12.9. The lowest BCUT2D eigenvalue weighted by Gasteiger charge is -2.33. The summed E-state index contributed by atoms with van der Waals surface area (Å²) in [4.78, 5) is 14.8. The predicted octanol–water partition coefficient (Wildman–Crippen LogP) is 2.13. The number of ether oxygens (including phenoxy) is 2. The second-order valence-electron chi connectivity index (χ2n) is 5.86. The van der Waals surface area contributed by atoms with Crippen LogP contribution in [0.1, 0.15) is 29.2 Å². The number of carbonyl (C=O) groups excluding carboxylic acids is 1.